The summed E-state index contributed by atoms with van der Waals surface area (Å²) in [6, 6.07) is 11.6. The topological polar surface area (TPSA) is 165 Å². The Labute approximate surface area is 257 Å². The first-order chi connectivity index (χ1) is 20.4. The van der Waals surface area contributed by atoms with E-state index < -0.39 is 13.9 Å². The van der Waals surface area contributed by atoms with Crippen LogP contribution < -0.4 is 11.1 Å². The highest BCUT2D eigenvalue weighted by Crippen LogP contribution is 2.40. The molecular formula is C29H28ClN6O5PS. The van der Waals surface area contributed by atoms with Crippen molar-refractivity contribution in [2.45, 2.75) is 39.8 Å². The van der Waals surface area contributed by atoms with Gasteiger partial charge >= 0.3 is 7.82 Å². The van der Waals surface area contributed by atoms with Crippen LogP contribution in [0.4, 0.5) is 5.69 Å². The second-order valence-corrected chi connectivity index (χ2v) is 12.7. The molecule has 2 aromatic heterocycles. The minimum Gasteiger partial charge on any atom is -0.326 e. The molecule has 0 saturated carbocycles. The fourth-order valence-electron chi connectivity index (χ4n) is 4.72. The van der Waals surface area contributed by atoms with Crippen LogP contribution in [-0.4, -0.2) is 42.7 Å². The molecule has 5 N–H and O–H groups in total. The number of nitrogens with two attached hydrogens (primary N) is 1. The van der Waals surface area contributed by atoms with Crippen molar-refractivity contribution >= 4 is 48.1 Å². The lowest BCUT2D eigenvalue weighted by molar-refractivity contribution is -0.116. The van der Waals surface area contributed by atoms with Crippen LogP contribution in [0.15, 0.2) is 47.5 Å². The molecule has 0 fully saturated rings. The predicted octanol–water partition coefficient (Wildman–Crippen LogP) is 4.75. The van der Waals surface area contributed by atoms with E-state index in [0.29, 0.717) is 33.5 Å². The Bertz CT molecular complexity index is 1850. The largest absolute Gasteiger partial charge is 0.469 e. The number of halogens is 1. The van der Waals surface area contributed by atoms with Crippen molar-refractivity contribution in [3.8, 4) is 16.8 Å². The summed E-state index contributed by atoms with van der Waals surface area (Å²) in [6.07, 6.45) is -0.0327. The molecule has 11 nitrogen and oxygen atoms in total. The van der Waals surface area contributed by atoms with Gasteiger partial charge in [0.15, 0.2) is 5.82 Å². The van der Waals surface area contributed by atoms with Gasteiger partial charge in [-0.3, -0.25) is 18.9 Å². The maximum absolute atomic E-state index is 13.5. The molecule has 5 rings (SSSR count). The molecule has 1 aliphatic heterocycles. The molecule has 43 heavy (non-hydrogen) atoms. The van der Waals surface area contributed by atoms with Crippen molar-refractivity contribution in [2.24, 2.45) is 10.7 Å². The number of phosphoric acid groups is 1. The number of hydrogen-bond donors (Lipinski definition) is 4. The van der Waals surface area contributed by atoms with Gasteiger partial charge in [0.1, 0.15) is 16.9 Å². The Morgan fingerprint density at radius 1 is 1.19 bits per heavy atom. The maximum atomic E-state index is 13.5. The Morgan fingerprint density at radius 2 is 1.93 bits per heavy atom. The molecule has 0 spiro atoms. The third-order valence-corrected chi connectivity index (χ3v) is 8.75. The van der Waals surface area contributed by atoms with E-state index in [9.17, 15) is 9.36 Å². The SMILES string of the molecule is Cc1sc2c(c1C)C(c1ccc(Cl)cc1)=N[C@@H](CC(=O)Nc1ccc(COP(=O)(O)O)c(C#CCN)c1)c1nnc(C)n1-2. The summed E-state index contributed by atoms with van der Waals surface area (Å²) in [7, 11) is -4.69. The summed E-state index contributed by atoms with van der Waals surface area (Å²) < 4.78 is 17.8. The van der Waals surface area contributed by atoms with Crippen LogP contribution in [0.1, 0.15) is 56.8 Å². The van der Waals surface area contributed by atoms with E-state index in [-0.39, 0.29) is 25.5 Å². The van der Waals surface area contributed by atoms with Crippen molar-refractivity contribution in [1.82, 2.24) is 14.8 Å². The summed E-state index contributed by atoms with van der Waals surface area (Å²) >= 11 is 7.81. The fraction of sp³-hybridized carbons (Fsp3) is 0.241. The van der Waals surface area contributed by atoms with Crippen molar-refractivity contribution in [1.29, 1.82) is 0 Å². The van der Waals surface area contributed by atoms with Gasteiger partial charge in [-0.05, 0) is 56.2 Å². The number of carbonyl (C=O) groups excluding carboxylic acids is 1. The molecule has 1 amide bonds. The average molecular weight is 639 g/mol. The van der Waals surface area contributed by atoms with E-state index in [1.165, 1.54) is 0 Å². The first-order valence-electron chi connectivity index (χ1n) is 13.1. The van der Waals surface area contributed by atoms with Crippen LogP contribution in [0.3, 0.4) is 0 Å². The number of nitrogens with zero attached hydrogens (tertiary/aromatic N) is 4. The fourth-order valence-corrected chi connectivity index (χ4v) is 6.36. The zero-order valence-corrected chi connectivity index (χ0v) is 25.9. The zero-order valence-electron chi connectivity index (χ0n) is 23.5. The number of fused-ring (bicyclic) bond motifs is 3. The normalized spacial score (nSPS) is 14.2. The number of aryl methyl sites for hydroxylation is 2. The summed E-state index contributed by atoms with van der Waals surface area (Å²) in [6.45, 7) is 5.71. The van der Waals surface area contributed by atoms with Crippen molar-refractivity contribution in [3.63, 3.8) is 0 Å². The Hall–Kier alpha value is -3.66. The minimum atomic E-state index is -4.69. The Morgan fingerprint density at radius 3 is 2.63 bits per heavy atom. The molecule has 0 saturated heterocycles. The lowest BCUT2D eigenvalue weighted by Crippen LogP contribution is -2.17. The van der Waals surface area contributed by atoms with Crippen LogP contribution in [0.5, 0.6) is 0 Å². The molecular weight excluding hydrogens is 611 g/mol. The van der Waals surface area contributed by atoms with Crippen molar-refractivity contribution in [3.05, 3.63) is 91.8 Å². The smallest absolute Gasteiger partial charge is 0.326 e. The lowest BCUT2D eigenvalue weighted by atomic mass is 9.99. The van der Waals surface area contributed by atoms with Gasteiger partial charge in [0.05, 0.1) is 25.3 Å². The Kier molecular flexibility index (Phi) is 8.96. The van der Waals surface area contributed by atoms with Gasteiger partial charge < -0.3 is 20.8 Å². The van der Waals surface area contributed by atoms with E-state index in [4.69, 9.17) is 32.1 Å². The summed E-state index contributed by atoms with van der Waals surface area (Å²) in [5, 5.41) is 13.2. The number of aromatic nitrogens is 3. The molecule has 0 aliphatic carbocycles. The third kappa shape index (κ3) is 6.79. The maximum Gasteiger partial charge on any atom is 0.469 e. The van der Waals surface area contributed by atoms with Crippen molar-refractivity contribution < 1.29 is 23.7 Å². The van der Waals surface area contributed by atoms with Gasteiger partial charge in [0, 0.05) is 32.3 Å². The first kappa shape index (κ1) is 30.8. The Balaban J connectivity index is 1.49. The molecule has 4 aromatic rings. The van der Waals surface area contributed by atoms with Crippen LogP contribution in [0.2, 0.25) is 5.02 Å². The first-order valence-corrected chi connectivity index (χ1v) is 15.9. The molecule has 222 valence electrons. The number of phosphoric ester groups is 1. The minimum absolute atomic E-state index is 0.0327. The molecule has 14 heteroatoms. The molecule has 0 unspecified atom stereocenters. The number of thiophene rings is 1. The van der Waals surface area contributed by atoms with Crippen LogP contribution in [0.25, 0.3) is 5.00 Å². The van der Waals surface area contributed by atoms with Gasteiger partial charge in [-0.25, -0.2) is 4.57 Å². The average Bonchev–Trinajstić information content (AvgIpc) is 3.43. The van der Waals surface area contributed by atoms with E-state index in [1.54, 1.807) is 29.5 Å². The highest BCUT2D eigenvalue weighted by Gasteiger charge is 2.32. The highest BCUT2D eigenvalue weighted by molar-refractivity contribution is 7.46. The van der Waals surface area contributed by atoms with Crippen LogP contribution >= 0.6 is 30.8 Å². The predicted molar refractivity (Wildman–Crippen MR) is 166 cm³/mol. The molecule has 0 radical (unpaired) electrons. The van der Waals surface area contributed by atoms with Crippen LogP contribution in [-0.2, 0) is 20.5 Å². The number of hydrogen-bond acceptors (Lipinski definition) is 8. The van der Waals surface area contributed by atoms with Gasteiger partial charge in [-0.15, -0.1) is 21.5 Å². The molecule has 2 aromatic carbocycles. The molecule has 0 bridgehead atoms. The van der Waals surface area contributed by atoms with Gasteiger partial charge in [-0.2, -0.15) is 0 Å². The van der Waals surface area contributed by atoms with Crippen molar-refractivity contribution in [2.75, 3.05) is 11.9 Å². The van der Waals surface area contributed by atoms with E-state index in [2.05, 4.69) is 45.7 Å². The monoisotopic (exact) mass is 638 g/mol. The quantitative estimate of drug-likeness (QED) is 0.166. The summed E-state index contributed by atoms with van der Waals surface area (Å²) in [5.41, 5.74) is 10.5. The van der Waals surface area contributed by atoms with Crippen LogP contribution in [0, 0.1) is 32.6 Å². The summed E-state index contributed by atoms with van der Waals surface area (Å²) in [4.78, 5) is 37.9. The van der Waals surface area contributed by atoms with Gasteiger partial charge in [-0.1, -0.05) is 41.6 Å². The second kappa shape index (κ2) is 12.5. The number of nitrogens with one attached hydrogen (secondary N) is 1. The number of rotatable bonds is 7. The molecule has 3 heterocycles. The standard InChI is InChI=1S/C29H28ClN6O5PS/c1-16-17(2)43-29-26(16)27(19-6-9-22(30)10-7-19)33-24(28-35-34-18(3)36(28)29)14-25(37)32-23-11-8-21(15-41-42(38,39)40)20(13-23)5-4-12-31/h6-11,13,24H,12,14-15,31H2,1-3H3,(H,32,37)(H2,38,39,40)/t24-/m0/s1. The molecule has 1 aliphatic rings. The van der Waals surface area contributed by atoms with Gasteiger partial charge in [0.25, 0.3) is 0 Å². The van der Waals surface area contributed by atoms with E-state index >= 15 is 0 Å². The number of aliphatic imine (C=N–C) groups is 1. The number of benzene rings is 2. The number of anilines is 1. The number of carbonyl (C=O) groups is 1. The second-order valence-electron chi connectivity index (χ2n) is 9.80. The summed E-state index contributed by atoms with van der Waals surface area (Å²) in [5.74, 6) is 6.50. The number of amides is 1. The zero-order chi connectivity index (χ0) is 30.9. The third-order valence-electron chi connectivity index (χ3n) is 6.84. The lowest BCUT2D eigenvalue weighted by Gasteiger charge is -2.14. The van der Waals surface area contributed by atoms with E-state index in [1.807, 2.05) is 35.8 Å². The highest BCUT2D eigenvalue weighted by atomic mass is 35.5. The molecule has 1 atom stereocenters. The van der Waals surface area contributed by atoms with Gasteiger partial charge in [0.2, 0.25) is 5.91 Å². The van der Waals surface area contributed by atoms with E-state index in [0.717, 1.165) is 32.3 Å².